The van der Waals surface area contributed by atoms with Crippen molar-refractivity contribution in [3.8, 4) is 0 Å². The molecule has 0 aliphatic carbocycles. The van der Waals surface area contributed by atoms with Crippen molar-refractivity contribution in [1.29, 1.82) is 0 Å². The van der Waals surface area contributed by atoms with Crippen LogP contribution >= 0.6 is 11.6 Å². The summed E-state index contributed by atoms with van der Waals surface area (Å²) < 4.78 is 6.00. The summed E-state index contributed by atoms with van der Waals surface area (Å²) in [6.45, 7) is 3.37. The number of benzene rings is 1. The average Bonchev–Trinajstić information content (AvgIpc) is 3.37. The summed E-state index contributed by atoms with van der Waals surface area (Å²) in [5, 5.41) is 0.730. The molecule has 0 N–H and O–H groups in total. The zero-order chi connectivity index (χ0) is 17.9. The number of oxazole rings is 1. The molecule has 6 heteroatoms. The van der Waals surface area contributed by atoms with Crippen LogP contribution in [-0.4, -0.2) is 46.9 Å². The number of carbonyl (C=O) groups is 1. The molecule has 2 aliphatic rings. The van der Waals surface area contributed by atoms with Gasteiger partial charge in [0, 0.05) is 18.0 Å². The molecule has 1 atom stereocenters. The zero-order valence-corrected chi connectivity index (χ0v) is 15.6. The molecular formula is C20H24ClN3O2. The van der Waals surface area contributed by atoms with Crippen LogP contribution in [0.25, 0.3) is 0 Å². The highest BCUT2D eigenvalue weighted by Crippen LogP contribution is 2.32. The molecule has 0 radical (unpaired) electrons. The first-order valence-corrected chi connectivity index (χ1v) is 9.78. The Kier molecular flexibility index (Phi) is 5.27. The topological polar surface area (TPSA) is 49.6 Å². The maximum absolute atomic E-state index is 12.7. The molecule has 2 saturated heterocycles. The number of likely N-dealkylation sites (tertiary alicyclic amines) is 2. The maximum atomic E-state index is 12.7. The van der Waals surface area contributed by atoms with Gasteiger partial charge in [-0.15, -0.1) is 0 Å². The van der Waals surface area contributed by atoms with Crippen LogP contribution in [0.3, 0.4) is 0 Å². The van der Waals surface area contributed by atoms with E-state index in [1.54, 1.807) is 6.20 Å². The van der Waals surface area contributed by atoms with Crippen molar-refractivity contribution in [2.45, 2.75) is 38.1 Å². The van der Waals surface area contributed by atoms with Gasteiger partial charge in [0.1, 0.15) is 11.8 Å². The lowest BCUT2D eigenvalue weighted by Gasteiger charge is -2.25. The molecule has 0 spiro atoms. The van der Waals surface area contributed by atoms with Crippen molar-refractivity contribution >= 4 is 17.5 Å². The Morgan fingerprint density at radius 1 is 1.19 bits per heavy atom. The molecule has 3 heterocycles. The Balaban J connectivity index is 1.44. The molecule has 1 aromatic carbocycles. The zero-order valence-electron chi connectivity index (χ0n) is 14.9. The summed E-state index contributed by atoms with van der Waals surface area (Å²) in [4.78, 5) is 21.4. The van der Waals surface area contributed by atoms with Crippen LogP contribution in [0.4, 0.5) is 0 Å². The highest BCUT2D eigenvalue weighted by atomic mass is 35.5. The molecule has 1 amide bonds. The lowest BCUT2D eigenvalue weighted by molar-refractivity contribution is -0.133. The average molecular weight is 374 g/mol. The van der Waals surface area contributed by atoms with Gasteiger partial charge in [-0.05, 0) is 50.4 Å². The summed E-state index contributed by atoms with van der Waals surface area (Å²) in [5.74, 6) is 1.63. The van der Waals surface area contributed by atoms with Gasteiger partial charge in [0.2, 0.25) is 11.8 Å². The predicted octanol–water partition coefficient (Wildman–Crippen LogP) is 3.68. The summed E-state index contributed by atoms with van der Waals surface area (Å²) in [7, 11) is 0. The summed E-state index contributed by atoms with van der Waals surface area (Å²) >= 11 is 6.23. The number of rotatable bonds is 5. The van der Waals surface area contributed by atoms with Crippen LogP contribution in [0.5, 0.6) is 0 Å². The lowest BCUT2D eigenvalue weighted by atomic mass is 10.1. The van der Waals surface area contributed by atoms with E-state index >= 15 is 0 Å². The Morgan fingerprint density at radius 2 is 2.00 bits per heavy atom. The van der Waals surface area contributed by atoms with Crippen molar-refractivity contribution in [2.24, 2.45) is 0 Å². The SMILES string of the molecule is O=C(CN1CCCC1)N1CCCC1c1ncc(Cc2ccccc2Cl)o1. The van der Waals surface area contributed by atoms with E-state index in [1.807, 2.05) is 29.2 Å². The smallest absolute Gasteiger partial charge is 0.237 e. The third kappa shape index (κ3) is 3.79. The van der Waals surface area contributed by atoms with E-state index in [4.69, 9.17) is 16.0 Å². The maximum Gasteiger partial charge on any atom is 0.237 e. The van der Waals surface area contributed by atoms with E-state index in [1.165, 1.54) is 12.8 Å². The quantitative estimate of drug-likeness (QED) is 0.802. The molecule has 26 heavy (non-hydrogen) atoms. The normalized spacial score (nSPS) is 20.8. The molecule has 2 fully saturated rings. The van der Waals surface area contributed by atoms with Gasteiger partial charge in [0.25, 0.3) is 0 Å². The highest BCUT2D eigenvalue weighted by molar-refractivity contribution is 6.31. The van der Waals surface area contributed by atoms with Crippen molar-refractivity contribution < 1.29 is 9.21 Å². The minimum Gasteiger partial charge on any atom is -0.443 e. The highest BCUT2D eigenvalue weighted by Gasteiger charge is 2.34. The standard InChI is InChI=1S/C20H24ClN3O2/c21-17-7-2-1-6-15(17)12-16-13-22-20(26-16)18-8-5-11-24(18)19(25)14-23-9-3-4-10-23/h1-2,6-7,13,18H,3-5,8-12,14H2. The van der Waals surface area contributed by atoms with Gasteiger partial charge in [-0.3, -0.25) is 9.69 Å². The molecule has 138 valence electrons. The van der Waals surface area contributed by atoms with Crippen LogP contribution in [-0.2, 0) is 11.2 Å². The van der Waals surface area contributed by atoms with Crippen LogP contribution in [0.15, 0.2) is 34.9 Å². The van der Waals surface area contributed by atoms with Crippen LogP contribution in [0.1, 0.15) is 48.9 Å². The van der Waals surface area contributed by atoms with Crippen molar-refractivity contribution in [3.63, 3.8) is 0 Å². The monoisotopic (exact) mass is 373 g/mol. The molecule has 2 aliphatic heterocycles. The fourth-order valence-electron chi connectivity index (χ4n) is 3.93. The Morgan fingerprint density at radius 3 is 2.81 bits per heavy atom. The van der Waals surface area contributed by atoms with E-state index < -0.39 is 0 Å². The lowest BCUT2D eigenvalue weighted by Crippen LogP contribution is -2.39. The molecule has 0 bridgehead atoms. The first-order valence-electron chi connectivity index (χ1n) is 9.40. The van der Waals surface area contributed by atoms with Crippen LogP contribution in [0, 0.1) is 0 Å². The van der Waals surface area contributed by atoms with E-state index in [-0.39, 0.29) is 11.9 Å². The second-order valence-electron chi connectivity index (χ2n) is 7.16. The molecule has 1 aromatic heterocycles. The second kappa shape index (κ2) is 7.80. The fourth-order valence-corrected chi connectivity index (χ4v) is 4.14. The summed E-state index contributed by atoms with van der Waals surface area (Å²) in [5.41, 5.74) is 1.02. The molecule has 1 unspecified atom stereocenters. The van der Waals surface area contributed by atoms with Gasteiger partial charge < -0.3 is 9.32 Å². The van der Waals surface area contributed by atoms with Crippen molar-refractivity contribution in [1.82, 2.24) is 14.8 Å². The van der Waals surface area contributed by atoms with E-state index in [0.717, 1.165) is 48.8 Å². The van der Waals surface area contributed by atoms with E-state index in [9.17, 15) is 4.79 Å². The second-order valence-corrected chi connectivity index (χ2v) is 7.57. The molecule has 0 saturated carbocycles. The number of hydrogen-bond donors (Lipinski definition) is 0. The molecule has 4 rings (SSSR count). The van der Waals surface area contributed by atoms with Gasteiger partial charge in [-0.25, -0.2) is 4.98 Å². The van der Waals surface area contributed by atoms with E-state index in [2.05, 4.69) is 9.88 Å². The summed E-state index contributed by atoms with van der Waals surface area (Å²) in [6, 6.07) is 7.72. The minimum absolute atomic E-state index is 0.0369. The van der Waals surface area contributed by atoms with Gasteiger partial charge in [0.15, 0.2) is 0 Å². The minimum atomic E-state index is -0.0369. The number of halogens is 1. The number of amides is 1. The largest absolute Gasteiger partial charge is 0.443 e. The third-order valence-corrected chi connectivity index (χ3v) is 5.68. The molecule has 5 nitrogen and oxygen atoms in total. The Hall–Kier alpha value is -1.85. The fraction of sp³-hybridized carbons (Fsp3) is 0.500. The van der Waals surface area contributed by atoms with Crippen molar-refractivity contribution in [2.75, 3.05) is 26.2 Å². The van der Waals surface area contributed by atoms with Gasteiger partial charge >= 0.3 is 0 Å². The number of carbonyl (C=O) groups excluding carboxylic acids is 1. The molecule has 2 aromatic rings. The van der Waals surface area contributed by atoms with Gasteiger partial charge in [-0.1, -0.05) is 29.8 Å². The van der Waals surface area contributed by atoms with Crippen LogP contribution in [0.2, 0.25) is 5.02 Å². The first kappa shape index (κ1) is 17.6. The van der Waals surface area contributed by atoms with E-state index in [0.29, 0.717) is 18.9 Å². The number of nitrogens with zero attached hydrogens (tertiary/aromatic N) is 3. The third-order valence-electron chi connectivity index (χ3n) is 5.31. The van der Waals surface area contributed by atoms with Crippen LogP contribution < -0.4 is 0 Å². The van der Waals surface area contributed by atoms with Gasteiger partial charge in [0.05, 0.1) is 12.7 Å². The Bertz CT molecular complexity index is 770. The number of aromatic nitrogens is 1. The predicted molar refractivity (Wildman–Crippen MR) is 100 cm³/mol. The summed E-state index contributed by atoms with van der Waals surface area (Å²) in [6.07, 6.45) is 6.68. The van der Waals surface area contributed by atoms with Crippen molar-refractivity contribution in [3.05, 3.63) is 52.7 Å². The Labute approximate surface area is 158 Å². The first-order chi connectivity index (χ1) is 12.7. The van der Waals surface area contributed by atoms with Gasteiger partial charge in [-0.2, -0.15) is 0 Å². The number of hydrogen-bond acceptors (Lipinski definition) is 4. The molecular weight excluding hydrogens is 350 g/mol.